The molecule has 0 aromatic heterocycles. The molecular formula is C24H43ClN2O2. The average molecular weight is 427 g/mol. The Morgan fingerprint density at radius 2 is 1.72 bits per heavy atom. The SMILES string of the molecule is C[C@H](O)[C@H]1CCC2C3CC[C@H]4C[C@H](N(C)C(=O)CN)CC[C@]4(C)C3CC[C@@]21C.Cl. The van der Waals surface area contributed by atoms with Crippen LogP contribution in [0, 0.1) is 40.4 Å². The van der Waals surface area contributed by atoms with Crippen molar-refractivity contribution in [1.29, 1.82) is 0 Å². The van der Waals surface area contributed by atoms with Gasteiger partial charge in [-0.15, -0.1) is 12.4 Å². The number of nitrogens with two attached hydrogens (primary N) is 1. The number of aliphatic hydroxyl groups excluding tert-OH is 1. The number of halogens is 1. The molecule has 3 N–H and O–H groups in total. The van der Waals surface area contributed by atoms with Gasteiger partial charge in [0.25, 0.3) is 0 Å². The zero-order chi connectivity index (χ0) is 20.3. The summed E-state index contributed by atoms with van der Waals surface area (Å²) in [6.45, 7) is 7.23. The molecule has 3 unspecified atom stereocenters. The maximum atomic E-state index is 12.1. The van der Waals surface area contributed by atoms with Crippen LogP contribution in [0.3, 0.4) is 0 Å². The van der Waals surface area contributed by atoms with Crippen molar-refractivity contribution in [2.45, 2.75) is 90.7 Å². The molecule has 0 aromatic rings. The highest BCUT2D eigenvalue weighted by Crippen LogP contribution is 2.67. The smallest absolute Gasteiger partial charge is 0.236 e. The van der Waals surface area contributed by atoms with E-state index in [4.69, 9.17) is 5.73 Å². The summed E-state index contributed by atoms with van der Waals surface area (Å²) in [6.07, 6.45) is 11.3. The number of amides is 1. The molecule has 0 bridgehead atoms. The van der Waals surface area contributed by atoms with E-state index < -0.39 is 0 Å². The number of hydrogen-bond acceptors (Lipinski definition) is 3. The lowest BCUT2D eigenvalue weighted by Gasteiger charge is -2.61. The molecule has 0 aliphatic heterocycles. The third-order valence-electron chi connectivity index (χ3n) is 10.4. The summed E-state index contributed by atoms with van der Waals surface area (Å²) in [7, 11) is 1.95. The Bertz CT molecular complexity index is 614. The summed E-state index contributed by atoms with van der Waals surface area (Å²) in [5.74, 6) is 3.83. The number of fused-ring (bicyclic) bond motifs is 5. The summed E-state index contributed by atoms with van der Waals surface area (Å²) < 4.78 is 0. The van der Waals surface area contributed by atoms with Crippen LogP contribution in [0.1, 0.15) is 78.6 Å². The van der Waals surface area contributed by atoms with Gasteiger partial charge in [0.1, 0.15) is 0 Å². The van der Waals surface area contributed by atoms with E-state index in [-0.39, 0.29) is 31.0 Å². The van der Waals surface area contributed by atoms with E-state index >= 15 is 0 Å². The minimum Gasteiger partial charge on any atom is -0.393 e. The molecule has 0 aromatic carbocycles. The monoisotopic (exact) mass is 426 g/mol. The van der Waals surface area contributed by atoms with Crippen molar-refractivity contribution in [3.05, 3.63) is 0 Å². The molecule has 4 fully saturated rings. The average Bonchev–Trinajstić information content (AvgIpc) is 3.03. The Kier molecular flexibility index (Phi) is 6.69. The topological polar surface area (TPSA) is 66.6 Å². The first kappa shape index (κ1) is 23.3. The van der Waals surface area contributed by atoms with Gasteiger partial charge in [0.15, 0.2) is 0 Å². The molecule has 5 heteroatoms. The van der Waals surface area contributed by atoms with Gasteiger partial charge in [-0.2, -0.15) is 0 Å². The van der Waals surface area contributed by atoms with Gasteiger partial charge in [0.05, 0.1) is 12.6 Å². The van der Waals surface area contributed by atoms with Crippen LogP contribution < -0.4 is 5.73 Å². The van der Waals surface area contributed by atoms with Crippen LogP contribution in [0.25, 0.3) is 0 Å². The predicted molar refractivity (Wildman–Crippen MR) is 120 cm³/mol. The third kappa shape index (κ3) is 3.55. The van der Waals surface area contributed by atoms with Crippen molar-refractivity contribution in [3.8, 4) is 0 Å². The first-order valence-corrected chi connectivity index (χ1v) is 11.9. The fourth-order valence-corrected chi connectivity index (χ4v) is 8.77. The van der Waals surface area contributed by atoms with Crippen molar-refractivity contribution in [2.75, 3.05) is 13.6 Å². The summed E-state index contributed by atoms with van der Waals surface area (Å²) in [6, 6.07) is 0.380. The standard InChI is InChI=1S/C24H42N2O2.ClH/c1-15(27)19-7-8-20-18-6-5-16-13-17(26(4)22(28)14-25)9-11-23(16,2)21(18)10-12-24(19,20)3;/h15-21,27H,5-14,25H2,1-4H3;1H/t15-,16-,17+,18?,19+,20?,21?,23-,24+;/m0./s1. The number of aliphatic hydroxyl groups is 1. The number of rotatable bonds is 3. The lowest BCUT2D eigenvalue weighted by molar-refractivity contribution is -0.141. The first-order valence-electron chi connectivity index (χ1n) is 11.9. The van der Waals surface area contributed by atoms with Crippen LogP contribution in [0.2, 0.25) is 0 Å². The van der Waals surface area contributed by atoms with Crippen molar-refractivity contribution >= 4 is 18.3 Å². The van der Waals surface area contributed by atoms with Gasteiger partial charge >= 0.3 is 0 Å². The Morgan fingerprint density at radius 3 is 2.38 bits per heavy atom. The van der Waals surface area contributed by atoms with E-state index in [9.17, 15) is 9.90 Å². The summed E-state index contributed by atoms with van der Waals surface area (Å²) >= 11 is 0. The Hall–Kier alpha value is -0.320. The lowest BCUT2D eigenvalue weighted by Crippen LogP contribution is -2.56. The van der Waals surface area contributed by atoms with Gasteiger partial charge in [-0.05, 0) is 105 Å². The van der Waals surface area contributed by atoms with Gasteiger partial charge in [-0.3, -0.25) is 4.79 Å². The van der Waals surface area contributed by atoms with Gasteiger partial charge < -0.3 is 15.7 Å². The van der Waals surface area contributed by atoms with Crippen LogP contribution in [-0.2, 0) is 4.79 Å². The van der Waals surface area contributed by atoms with Gasteiger partial charge in [-0.1, -0.05) is 13.8 Å². The fraction of sp³-hybridized carbons (Fsp3) is 0.958. The summed E-state index contributed by atoms with van der Waals surface area (Å²) in [4.78, 5) is 14.0. The predicted octanol–water partition coefficient (Wildman–Crippen LogP) is 4.23. The zero-order valence-corrected chi connectivity index (χ0v) is 19.7. The number of nitrogens with zero attached hydrogens (tertiary/aromatic N) is 1. The molecule has 0 saturated heterocycles. The molecule has 29 heavy (non-hydrogen) atoms. The largest absolute Gasteiger partial charge is 0.393 e. The quantitative estimate of drug-likeness (QED) is 0.709. The second-order valence-corrected chi connectivity index (χ2v) is 11.3. The lowest BCUT2D eigenvalue weighted by atomic mass is 9.44. The van der Waals surface area contributed by atoms with Crippen LogP contribution in [0.4, 0.5) is 0 Å². The van der Waals surface area contributed by atoms with Crippen molar-refractivity contribution in [1.82, 2.24) is 4.90 Å². The van der Waals surface area contributed by atoms with Crippen LogP contribution in [-0.4, -0.2) is 41.7 Å². The highest BCUT2D eigenvalue weighted by molar-refractivity contribution is 5.85. The molecule has 168 valence electrons. The molecule has 0 spiro atoms. The number of carbonyl (C=O) groups excluding carboxylic acids is 1. The maximum absolute atomic E-state index is 12.1. The van der Waals surface area contributed by atoms with E-state index in [1.807, 2.05) is 18.9 Å². The zero-order valence-electron chi connectivity index (χ0n) is 18.9. The van der Waals surface area contributed by atoms with Crippen LogP contribution in [0.5, 0.6) is 0 Å². The van der Waals surface area contributed by atoms with E-state index in [2.05, 4.69) is 13.8 Å². The molecule has 9 atom stereocenters. The highest BCUT2D eigenvalue weighted by Gasteiger charge is 2.60. The second kappa shape index (κ2) is 8.31. The minimum absolute atomic E-state index is 0. The van der Waals surface area contributed by atoms with E-state index in [1.165, 1.54) is 51.4 Å². The molecule has 4 saturated carbocycles. The molecule has 4 aliphatic carbocycles. The third-order valence-corrected chi connectivity index (χ3v) is 10.4. The Morgan fingerprint density at radius 1 is 1.07 bits per heavy atom. The molecule has 4 rings (SSSR count). The van der Waals surface area contributed by atoms with Crippen molar-refractivity contribution < 1.29 is 9.90 Å². The summed E-state index contributed by atoms with van der Waals surface area (Å²) in [5, 5.41) is 10.4. The van der Waals surface area contributed by atoms with Crippen molar-refractivity contribution in [2.24, 2.45) is 46.2 Å². The number of hydrogen-bond donors (Lipinski definition) is 2. The molecular weight excluding hydrogens is 384 g/mol. The summed E-state index contributed by atoms with van der Waals surface area (Å²) in [5.41, 5.74) is 6.40. The highest BCUT2D eigenvalue weighted by atomic mass is 35.5. The van der Waals surface area contributed by atoms with Crippen molar-refractivity contribution in [3.63, 3.8) is 0 Å². The van der Waals surface area contributed by atoms with Gasteiger partial charge in [0, 0.05) is 13.1 Å². The van der Waals surface area contributed by atoms with E-state index in [0.29, 0.717) is 22.8 Å². The Labute approximate surface area is 183 Å². The Balaban J connectivity index is 0.00000240. The number of carbonyl (C=O) groups is 1. The molecule has 0 heterocycles. The molecule has 1 amide bonds. The van der Waals surface area contributed by atoms with Gasteiger partial charge in [0.2, 0.25) is 5.91 Å². The van der Waals surface area contributed by atoms with E-state index in [0.717, 1.165) is 30.1 Å². The fourth-order valence-electron chi connectivity index (χ4n) is 8.77. The van der Waals surface area contributed by atoms with Gasteiger partial charge in [-0.25, -0.2) is 0 Å². The maximum Gasteiger partial charge on any atom is 0.236 e. The second-order valence-electron chi connectivity index (χ2n) is 11.3. The first-order chi connectivity index (χ1) is 13.2. The molecule has 4 aliphatic rings. The minimum atomic E-state index is -0.162. The van der Waals surface area contributed by atoms with E-state index in [1.54, 1.807) is 0 Å². The molecule has 0 radical (unpaired) electrons. The van der Waals surface area contributed by atoms with Crippen LogP contribution in [0.15, 0.2) is 0 Å². The van der Waals surface area contributed by atoms with Crippen LogP contribution >= 0.6 is 12.4 Å². The normalized spacial score (nSPS) is 47.2. The molecule has 4 nitrogen and oxygen atoms in total. The number of likely N-dealkylation sites (N-methyl/N-ethyl adjacent to an activating group) is 1.